The molecule has 0 radical (unpaired) electrons. The van der Waals surface area contributed by atoms with Gasteiger partial charge in [-0.3, -0.25) is 13.8 Å². The van der Waals surface area contributed by atoms with E-state index in [1.54, 1.807) is 0 Å². The van der Waals surface area contributed by atoms with E-state index in [1.807, 2.05) is 13.8 Å². The topological polar surface area (TPSA) is 88.3 Å². The van der Waals surface area contributed by atoms with Crippen molar-refractivity contribution in [2.45, 2.75) is 38.9 Å². The van der Waals surface area contributed by atoms with E-state index in [-0.39, 0.29) is 28.6 Å². The fraction of sp³-hybridized carbons (Fsp3) is 0.600. The summed E-state index contributed by atoms with van der Waals surface area (Å²) in [6.45, 7) is 5.07. The molecule has 7 heteroatoms. The summed E-state index contributed by atoms with van der Waals surface area (Å²) in [5.41, 5.74) is 0.292. The summed E-state index contributed by atoms with van der Waals surface area (Å²) in [5.74, 6) is 0.121. The molecule has 0 aliphatic carbocycles. The third kappa shape index (κ3) is 6.89. The Morgan fingerprint density at radius 1 is 1.36 bits per heavy atom. The molecule has 1 atom stereocenters. The number of carbonyl (C=O) groups is 1. The first-order chi connectivity index (χ1) is 10.6. The monoisotopic (exact) mass is 328 g/mol. The fourth-order valence-corrected chi connectivity index (χ4v) is 2.74. The standard InChI is InChI=1S/C15H24N2O4S/c1-3-5-6-16-15(19)11-22(20)10-12-8-13(18)14(9-17-12)21-7-4-2/h8-9H,3-7,10-11H2,1-2H3,(H,16,19)(H,17,18). The van der Waals surface area contributed by atoms with Crippen LogP contribution in [0.3, 0.4) is 0 Å². The highest BCUT2D eigenvalue weighted by Crippen LogP contribution is 2.04. The van der Waals surface area contributed by atoms with Crippen LogP contribution in [0.4, 0.5) is 0 Å². The molecule has 6 nitrogen and oxygen atoms in total. The molecule has 0 bridgehead atoms. The molecule has 1 rings (SSSR count). The maximum Gasteiger partial charge on any atom is 0.232 e. The summed E-state index contributed by atoms with van der Waals surface area (Å²) in [4.78, 5) is 26.3. The Labute approximate surface area is 133 Å². The molecule has 1 aromatic rings. The van der Waals surface area contributed by atoms with E-state index in [0.29, 0.717) is 18.8 Å². The van der Waals surface area contributed by atoms with Crippen molar-refractivity contribution in [3.05, 3.63) is 28.2 Å². The van der Waals surface area contributed by atoms with Crippen molar-refractivity contribution < 1.29 is 13.7 Å². The van der Waals surface area contributed by atoms with Crippen LogP contribution in [0, 0.1) is 0 Å². The SMILES string of the molecule is CCCCNC(=O)CS(=O)Cc1cc(=O)c(OCCC)c[nH]1. The fourth-order valence-electron chi connectivity index (χ4n) is 1.73. The van der Waals surface area contributed by atoms with Crippen LogP contribution in [0.1, 0.15) is 38.8 Å². The Balaban J connectivity index is 2.49. The normalized spacial score (nSPS) is 11.9. The average Bonchev–Trinajstić information content (AvgIpc) is 2.46. The number of unbranched alkanes of at least 4 members (excludes halogenated alkanes) is 1. The molecule has 22 heavy (non-hydrogen) atoms. The van der Waals surface area contributed by atoms with Crippen LogP contribution < -0.4 is 15.5 Å². The summed E-state index contributed by atoms with van der Waals surface area (Å²) < 4.78 is 17.2. The number of pyridine rings is 1. The number of carbonyl (C=O) groups excluding carboxylic acids is 1. The van der Waals surface area contributed by atoms with Gasteiger partial charge in [0.05, 0.1) is 12.4 Å². The number of aromatic amines is 1. The Bertz CT molecular complexity index is 557. The third-order valence-corrected chi connectivity index (χ3v) is 4.08. The van der Waals surface area contributed by atoms with Crippen LogP contribution in [-0.2, 0) is 21.3 Å². The molecular formula is C15H24N2O4S. The molecule has 1 aromatic heterocycles. The van der Waals surface area contributed by atoms with Gasteiger partial charge in [0, 0.05) is 35.3 Å². The van der Waals surface area contributed by atoms with E-state index in [0.717, 1.165) is 19.3 Å². The predicted molar refractivity (Wildman–Crippen MR) is 87.5 cm³/mol. The van der Waals surface area contributed by atoms with E-state index in [4.69, 9.17) is 4.74 Å². The van der Waals surface area contributed by atoms with Gasteiger partial charge < -0.3 is 15.0 Å². The molecule has 1 unspecified atom stereocenters. The lowest BCUT2D eigenvalue weighted by Crippen LogP contribution is -2.29. The van der Waals surface area contributed by atoms with Crippen molar-refractivity contribution in [2.75, 3.05) is 18.9 Å². The van der Waals surface area contributed by atoms with Gasteiger partial charge in [0.15, 0.2) is 5.75 Å². The maximum atomic E-state index is 11.9. The van der Waals surface area contributed by atoms with Crippen LogP contribution in [-0.4, -0.2) is 34.0 Å². The van der Waals surface area contributed by atoms with Crippen molar-refractivity contribution in [3.8, 4) is 5.75 Å². The Morgan fingerprint density at radius 2 is 2.14 bits per heavy atom. The minimum Gasteiger partial charge on any atom is -0.488 e. The van der Waals surface area contributed by atoms with Crippen molar-refractivity contribution in [2.24, 2.45) is 0 Å². The Kier molecular flexibility index (Phi) is 8.50. The molecule has 0 aliphatic rings. The smallest absolute Gasteiger partial charge is 0.232 e. The van der Waals surface area contributed by atoms with Gasteiger partial charge in [-0.25, -0.2) is 0 Å². The zero-order valence-electron chi connectivity index (χ0n) is 13.1. The number of aromatic nitrogens is 1. The average molecular weight is 328 g/mol. The first kappa shape index (κ1) is 18.4. The summed E-state index contributed by atoms with van der Waals surface area (Å²) in [6.07, 6.45) is 4.20. The van der Waals surface area contributed by atoms with Crippen molar-refractivity contribution in [3.63, 3.8) is 0 Å². The van der Waals surface area contributed by atoms with Crippen LogP contribution >= 0.6 is 0 Å². The minimum absolute atomic E-state index is 0.0557. The van der Waals surface area contributed by atoms with E-state index < -0.39 is 10.8 Å². The van der Waals surface area contributed by atoms with Gasteiger partial charge in [0.1, 0.15) is 5.75 Å². The van der Waals surface area contributed by atoms with Gasteiger partial charge in [0.2, 0.25) is 11.3 Å². The molecule has 0 saturated carbocycles. The number of hydrogen-bond donors (Lipinski definition) is 2. The number of hydrogen-bond acceptors (Lipinski definition) is 4. The largest absolute Gasteiger partial charge is 0.488 e. The van der Waals surface area contributed by atoms with Gasteiger partial charge in [-0.05, 0) is 12.8 Å². The second kappa shape index (κ2) is 10.2. The van der Waals surface area contributed by atoms with Crippen molar-refractivity contribution >= 4 is 16.7 Å². The summed E-state index contributed by atoms with van der Waals surface area (Å²) >= 11 is 0. The lowest BCUT2D eigenvalue weighted by atomic mass is 10.3. The number of H-pyrrole nitrogens is 1. The Hall–Kier alpha value is -1.63. The number of amides is 1. The molecule has 0 spiro atoms. The molecular weight excluding hydrogens is 304 g/mol. The third-order valence-electron chi connectivity index (χ3n) is 2.86. The van der Waals surface area contributed by atoms with Gasteiger partial charge in [-0.1, -0.05) is 20.3 Å². The Morgan fingerprint density at radius 3 is 2.77 bits per heavy atom. The van der Waals surface area contributed by atoms with Crippen molar-refractivity contribution in [1.29, 1.82) is 0 Å². The van der Waals surface area contributed by atoms with E-state index in [1.165, 1.54) is 12.3 Å². The molecule has 0 fully saturated rings. The van der Waals surface area contributed by atoms with Gasteiger partial charge in [-0.2, -0.15) is 0 Å². The van der Waals surface area contributed by atoms with Gasteiger partial charge >= 0.3 is 0 Å². The molecule has 2 N–H and O–H groups in total. The van der Waals surface area contributed by atoms with Gasteiger partial charge in [-0.15, -0.1) is 0 Å². The number of nitrogens with one attached hydrogen (secondary N) is 2. The zero-order valence-corrected chi connectivity index (χ0v) is 14.0. The van der Waals surface area contributed by atoms with Crippen LogP contribution in [0.15, 0.2) is 17.1 Å². The highest BCUT2D eigenvalue weighted by Gasteiger charge is 2.10. The van der Waals surface area contributed by atoms with Crippen LogP contribution in [0.5, 0.6) is 5.75 Å². The minimum atomic E-state index is -1.35. The second-order valence-electron chi connectivity index (χ2n) is 4.97. The second-order valence-corrected chi connectivity index (χ2v) is 6.42. The summed E-state index contributed by atoms with van der Waals surface area (Å²) in [6, 6.07) is 1.37. The van der Waals surface area contributed by atoms with E-state index >= 15 is 0 Å². The quantitative estimate of drug-likeness (QED) is 0.634. The highest BCUT2D eigenvalue weighted by molar-refractivity contribution is 7.84. The highest BCUT2D eigenvalue weighted by atomic mass is 32.2. The lowest BCUT2D eigenvalue weighted by molar-refractivity contribution is -0.118. The van der Waals surface area contributed by atoms with Crippen LogP contribution in [0.2, 0.25) is 0 Å². The van der Waals surface area contributed by atoms with Gasteiger partial charge in [0.25, 0.3) is 0 Å². The zero-order chi connectivity index (χ0) is 16.4. The summed E-state index contributed by atoms with van der Waals surface area (Å²) in [5, 5.41) is 2.72. The predicted octanol–water partition coefficient (Wildman–Crippen LogP) is 1.33. The van der Waals surface area contributed by atoms with E-state index in [9.17, 15) is 13.8 Å². The van der Waals surface area contributed by atoms with Crippen molar-refractivity contribution in [1.82, 2.24) is 10.3 Å². The first-order valence-electron chi connectivity index (χ1n) is 7.52. The lowest BCUT2D eigenvalue weighted by Gasteiger charge is -2.06. The molecule has 1 amide bonds. The number of ether oxygens (including phenoxy) is 1. The first-order valence-corrected chi connectivity index (χ1v) is 9.01. The molecule has 1 heterocycles. The molecule has 0 saturated heterocycles. The molecule has 0 aromatic carbocycles. The maximum absolute atomic E-state index is 11.9. The molecule has 124 valence electrons. The summed E-state index contributed by atoms with van der Waals surface area (Å²) in [7, 11) is -1.35. The number of rotatable bonds is 10. The molecule has 0 aliphatic heterocycles. The van der Waals surface area contributed by atoms with E-state index in [2.05, 4.69) is 10.3 Å². The van der Waals surface area contributed by atoms with Crippen LogP contribution in [0.25, 0.3) is 0 Å².